The van der Waals surface area contributed by atoms with E-state index in [0.717, 1.165) is 23.3 Å². The predicted molar refractivity (Wildman–Crippen MR) is 178 cm³/mol. The number of nitrogens with zero attached hydrogens (tertiary/aromatic N) is 2. The van der Waals surface area contributed by atoms with Gasteiger partial charge in [-0.05, 0) is 67.4 Å². The number of benzene rings is 4. The van der Waals surface area contributed by atoms with Crippen LogP contribution in [0.1, 0.15) is 29.2 Å². The van der Waals surface area contributed by atoms with Crippen molar-refractivity contribution < 1.29 is 35.9 Å². The highest BCUT2D eigenvalue weighted by Gasteiger charge is 2.37. The summed E-state index contributed by atoms with van der Waals surface area (Å²) < 4.78 is 76.0. The Hall–Kier alpha value is -4.55. The minimum absolute atomic E-state index is 0.0757. The Kier molecular flexibility index (Phi) is 11.8. The van der Waals surface area contributed by atoms with Crippen molar-refractivity contribution in [3.8, 4) is 5.75 Å². The molecular weight excluding hydrogens is 667 g/mol. The fourth-order valence-electron chi connectivity index (χ4n) is 5.07. The number of nitrogens with one attached hydrogen (secondary N) is 1. The first kappa shape index (κ1) is 36.3. The maximum absolute atomic E-state index is 14.5. The molecule has 0 unspecified atom stereocenters. The van der Waals surface area contributed by atoms with Gasteiger partial charge in [-0.2, -0.15) is 13.2 Å². The van der Waals surface area contributed by atoms with E-state index in [0.29, 0.717) is 21.7 Å². The molecule has 0 aliphatic carbocycles. The molecule has 0 spiro atoms. The number of alkyl halides is 3. The third-order valence-corrected chi connectivity index (χ3v) is 9.66. The van der Waals surface area contributed by atoms with Crippen molar-refractivity contribution in [2.24, 2.45) is 0 Å². The van der Waals surface area contributed by atoms with Gasteiger partial charge in [0.1, 0.15) is 18.3 Å². The SMILES string of the molecule is CCNC(=O)[C@@H](Cc1ccccc1)N(Cc1cccc(OC)c1)C(=O)CN(c1ccc(Cl)c(C(F)(F)F)c1)S(=O)(=O)c1ccc(C)cc1. The number of hydrogen-bond donors (Lipinski definition) is 1. The summed E-state index contributed by atoms with van der Waals surface area (Å²) in [6.45, 7) is 2.66. The van der Waals surface area contributed by atoms with Crippen LogP contribution in [0, 0.1) is 6.92 Å². The summed E-state index contributed by atoms with van der Waals surface area (Å²) in [6.07, 6.45) is -4.83. The quantitative estimate of drug-likeness (QED) is 0.169. The Labute approximate surface area is 283 Å². The second-order valence-corrected chi connectivity index (χ2v) is 13.2. The van der Waals surface area contributed by atoms with Crippen molar-refractivity contribution in [3.05, 3.63) is 124 Å². The van der Waals surface area contributed by atoms with Crippen LogP contribution in [0.2, 0.25) is 5.02 Å². The molecule has 1 N–H and O–H groups in total. The van der Waals surface area contributed by atoms with Crippen molar-refractivity contribution in [2.45, 2.75) is 43.9 Å². The Morgan fingerprint density at radius 3 is 2.21 bits per heavy atom. The Morgan fingerprint density at radius 2 is 1.58 bits per heavy atom. The molecule has 4 aromatic rings. The summed E-state index contributed by atoms with van der Waals surface area (Å²) in [5.41, 5.74) is 0.352. The molecule has 0 aromatic heterocycles. The number of halogens is 4. The Morgan fingerprint density at radius 1 is 0.917 bits per heavy atom. The molecule has 4 rings (SSSR count). The molecule has 0 aliphatic heterocycles. The van der Waals surface area contributed by atoms with Crippen LogP contribution in [0.15, 0.2) is 102 Å². The standard InChI is InChI=1S/C35H35ClF3N3O5S/c1-4-40-34(44)32(20-25-9-6-5-7-10-25)41(22-26-11-8-12-28(19-26)47-3)33(43)23-42(48(45,46)29-16-13-24(2)14-17-29)27-15-18-31(36)30(21-27)35(37,38)39/h5-19,21,32H,4,20,22-23H2,1-3H3,(H,40,44)/t32-/m1/s1. The average Bonchev–Trinajstić information content (AvgIpc) is 3.05. The zero-order valence-electron chi connectivity index (χ0n) is 26.5. The van der Waals surface area contributed by atoms with E-state index in [9.17, 15) is 31.2 Å². The normalized spacial score (nSPS) is 12.2. The third-order valence-electron chi connectivity index (χ3n) is 7.54. The lowest BCUT2D eigenvalue weighted by molar-refractivity contribution is -0.140. The van der Waals surface area contributed by atoms with Crippen molar-refractivity contribution in [1.29, 1.82) is 0 Å². The van der Waals surface area contributed by atoms with Crippen molar-refractivity contribution in [3.63, 3.8) is 0 Å². The molecule has 0 aliphatic rings. The molecule has 0 heterocycles. The van der Waals surface area contributed by atoms with Crippen molar-refractivity contribution in [1.82, 2.24) is 10.2 Å². The molecule has 0 saturated carbocycles. The summed E-state index contributed by atoms with van der Waals surface area (Å²) in [7, 11) is -3.14. The van der Waals surface area contributed by atoms with Gasteiger partial charge in [0.2, 0.25) is 11.8 Å². The summed E-state index contributed by atoms with van der Waals surface area (Å²) in [5.74, 6) is -0.831. The topological polar surface area (TPSA) is 96.0 Å². The average molecular weight is 702 g/mol. The van der Waals surface area contributed by atoms with Gasteiger partial charge in [-0.1, -0.05) is 71.8 Å². The number of aryl methyl sites for hydroxylation is 1. The number of likely N-dealkylation sites (N-methyl/N-ethyl adjacent to an activating group) is 1. The van der Waals surface area contributed by atoms with E-state index in [-0.39, 0.29) is 24.4 Å². The molecule has 0 bridgehead atoms. The minimum atomic E-state index is -4.91. The van der Waals surface area contributed by atoms with Gasteiger partial charge >= 0.3 is 6.18 Å². The maximum Gasteiger partial charge on any atom is 0.417 e. The van der Waals surface area contributed by atoms with Crippen LogP contribution < -0.4 is 14.4 Å². The third kappa shape index (κ3) is 8.87. The highest BCUT2D eigenvalue weighted by atomic mass is 35.5. The summed E-state index contributed by atoms with van der Waals surface area (Å²) in [6, 6.07) is 23.0. The van der Waals surface area contributed by atoms with Gasteiger partial charge in [0.15, 0.2) is 0 Å². The lowest BCUT2D eigenvalue weighted by Crippen LogP contribution is -2.53. The van der Waals surface area contributed by atoms with Gasteiger partial charge in [0.05, 0.1) is 28.3 Å². The number of methoxy groups -OCH3 is 1. The molecule has 2 amide bonds. The van der Waals surface area contributed by atoms with Gasteiger partial charge in [-0.3, -0.25) is 13.9 Å². The molecule has 13 heteroatoms. The molecule has 1 atom stereocenters. The molecule has 48 heavy (non-hydrogen) atoms. The van der Waals surface area contributed by atoms with E-state index >= 15 is 0 Å². The fourth-order valence-corrected chi connectivity index (χ4v) is 6.70. The number of amides is 2. The van der Waals surface area contributed by atoms with E-state index in [1.807, 2.05) is 0 Å². The van der Waals surface area contributed by atoms with Gasteiger partial charge < -0.3 is 15.0 Å². The van der Waals surface area contributed by atoms with Gasteiger partial charge in [-0.15, -0.1) is 0 Å². The number of anilines is 1. The molecule has 254 valence electrons. The molecular formula is C35H35ClF3N3O5S. The molecule has 0 saturated heterocycles. The molecule has 0 fully saturated rings. The van der Waals surface area contributed by atoms with Crippen LogP contribution in [0.25, 0.3) is 0 Å². The first-order chi connectivity index (χ1) is 22.7. The van der Waals surface area contributed by atoms with E-state index in [1.165, 1.54) is 36.3 Å². The van der Waals surface area contributed by atoms with Gasteiger partial charge in [0, 0.05) is 19.5 Å². The molecule has 8 nitrogen and oxygen atoms in total. The lowest BCUT2D eigenvalue weighted by atomic mass is 10.0. The van der Waals surface area contributed by atoms with Crippen LogP contribution in [0.4, 0.5) is 18.9 Å². The second-order valence-electron chi connectivity index (χ2n) is 11.0. The summed E-state index contributed by atoms with van der Waals surface area (Å²) in [4.78, 5) is 29.1. The highest BCUT2D eigenvalue weighted by Crippen LogP contribution is 2.38. The monoisotopic (exact) mass is 701 g/mol. The van der Waals surface area contributed by atoms with Gasteiger partial charge in [0.25, 0.3) is 10.0 Å². The zero-order chi connectivity index (χ0) is 35.1. The van der Waals surface area contributed by atoms with Crippen LogP contribution in [-0.4, -0.2) is 51.4 Å². The first-order valence-electron chi connectivity index (χ1n) is 14.9. The predicted octanol–water partition coefficient (Wildman–Crippen LogP) is 6.65. The molecule has 4 aromatic carbocycles. The maximum atomic E-state index is 14.5. The second kappa shape index (κ2) is 15.6. The number of carbonyl (C=O) groups is 2. The van der Waals surface area contributed by atoms with Crippen LogP contribution in [0.3, 0.4) is 0 Å². The number of carbonyl (C=O) groups excluding carboxylic acids is 2. The fraction of sp³-hybridized carbons (Fsp3) is 0.257. The van der Waals surface area contributed by atoms with E-state index in [1.54, 1.807) is 68.4 Å². The zero-order valence-corrected chi connectivity index (χ0v) is 28.1. The van der Waals surface area contributed by atoms with E-state index in [4.69, 9.17) is 16.3 Å². The number of rotatable bonds is 13. The first-order valence-corrected chi connectivity index (χ1v) is 16.8. The Balaban J connectivity index is 1.87. The smallest absolute Gasteiger partial charge is 0.417 e. The lowest BCUT2D eigenvalue weighted by Gasteiger charge is -2.34. The van der Waals surface area contributed by atoms with Crippen LogP contribution in [0.5, 0.6) is 5.75 Å². The van der Waals surface area contributed by atoms with Crippen molar-refractivity contribution in [2.75, 3.05) is 24.5 Å². The minimum Gasteiger partial charge on any atom is -0.497 e. The summed E-state index contributed by atoms with van der Waals surface area (Å²) in [5, 5.41) is 2.12. The number of ether oxygens (including phenoxy) is 1. The summed E-state index contributed by atoms with van der Waals surface area (Å²) >= 11 is 5.87. The van der Waals surface area contributed by atoms with Crippen LogP contribution >= 0.6 is 11.6 Å². The Bertz CT molecular complexity index is 1840. The number of sulfonamides is 1. The van der Waals surface area contributed by atoms with E-state index < -0.39 is 56.9 Å². The van der Waals surface area contributed by atoms with E-state index in [2.05, 4.69) is 5.32 Å². The van der Waals surface area contributed by atoms with Crippen LogP contribution in [-0.2, 0) is 38.8 Å². The largest absolute Gasteiger partial charge is 0.497 e. The van der Waals surface area contributed by atoms with Crippen molar-refractivity contribution >= 4 is 39.1 Å². The molecule has 0 radical (unpaired) electrons. The number of hydrogen-bond acceptors (Lipinski definition) is 5. The highest BCUT2D eigenvalue weighted by molar-refractivity contribution is 7.92. The van der Waals surface area contributed by atoms with Gasteiger partial charge in [-0.25, -0.2) is 8.42 Å².